The second-order valence-electron chi connectivity index (χ2n) is 5.71. The van der Waals surface area contributed by atoms with Gasteiger partial charge in [-0.25, -0.2) is 0 Å². The maximum atomic E-state index is 13.0. The zero-order valence-electron chi connectivity index (χ0n) is 12.8. The third kappa shape index (κ3) is 3.09. The summed E-state index contributed by atoms with van der Waals surface area (Å²) in [5.41, 5.74) is 2.52. The Kier molecular flexibility index (Phi) is 4.34. The number of hydrogen-bond acceptors (Lipinski definition) is 3. The number of carbonyl (C=O) groups excluding carboxylic acids is 1. The Hall–Kier alpha value is -1.62. The van der Waals surface area contributed by atoms with E-state index in [9.17, 15) is 4.79 Å². The van der Waals surface area contributed by atoms with Crippen molar-refractivity contribution in [2.24, 2.45) is 0 Å². The Morgan fingerprint density at radius 2 is 2.23 bits per heavy atom. The third-order valence-corrected chi connectivity index (χ3v) is 4.47. The molecule has 1 aliphatic rings. The van der Waals surface area contributed by atoms with E-state index in [1.807, 2.05) is 30.9 Å². The molecular weight excluding hydrogens is 344 g/mol. The van der Waals surface area contributed by atoms with Crippen LogP contribution in [0.25, 0.3) is 0 Å². The van der Waals surface area contributed by atoms with Crippen molar-refractivity contribution in [2.45, 2.75) is 45.7 Å². The summed E-state index contributed by atoms with van der Waals surface area (Å²) < 4.78 is 6.25. The number of nitrogens with zero attached hydrogens (tertiary/aromatic N) is 2. The summed E-state index contributed by atoms with van der Waals surface area (Å²) in [5, 5.41) is 4.01. The van der Waals surface area contributed by atoms with Crippen molar-refractivity contribution in [1.82, 2.24) is 10.1 Å². The van der Waals surface area contributed by atoms with Gasteiger partial charge in [-0.15, -0.1) is 0 Å². The van der Waals surface area contributed by atoms with Crippen LogP contribution in [0.1, 0.15) is 47.1 Å². The van der Waals surface area contributed by atoms with Crippen molar-refractivity contribution in [2.75, 3.05) is 0 Å². The number of aryl methyl sites for hydroxylation is 2. The number of rotatable bonds is 5. The van der Waals surface area contributed by atoms with Crippen LogP contribution in [0, 0.1) is 6.92 Å². The molecule has 1 fully saturated rings. The molecule has 1 saturated carbocycles. The van der Waals surface area contributed by atoms with Gasteiger partial charge in [-0.05, 0) is 43.9 Å². The quantitative estimate of drug-likeness (QED) is 0.803. The SMILES string of the molecule is CCc1noc(C)c1C(=O)N(Cc1cccc(Br)c1)C1CC1. The summed E-state index contributed by atoms with van der Waals surface area (Å²) in [4.78, 5) is 15.0. The predicted octanol–water partition coefficient (Wildman–Crippen LogP) is 4.11. The summed E-state index contributed by atoms with van der Waals surface area (Å²) in [5.74, 6) is 0.653. The molecule has 2 aromatic rings. The largest absolute Gasteiger partial charge is 0.361 e. The monoisotopic (exact) mass is 362 g/mol. The first-order valence-electron chi connectivity index (χ1n) is 7.60. The van der Waals surface area contributed by atoms with Gasteiger partial charge in [0.2, 0.25) is 0 Å². The molecule has 0 aliphatic heterocycles. The molecule has 116 valence electrons. The maximum absolute atomic E-state index is 13.0. The van der Waals surface area contributed by atoms with Crippen LogP contribution in [0.15, 0.2) is 33.3 Å². The summed E-state index contributed by atoms with van der Waals surface area (Å²) in [6.07, 6.45) is 2.85. The highest BCUT2D eigenvalue weighted by molar-refractivity contribution is 9.10. The van der Waals surface area contributed by atoms with E-state index in [4.69, 9.17) is 4.52 Å². The fraction of sp³-hybridized carbons (Fsp3) is 0.412. The summed E-state index contributed by atoms with van der Waals surface area (Å²) in [6.45, 7) is 4.42. The molecule has 0 saturated heterocycles. The van der Waals surface area contributed by atoms with E-state index in [1.165, 1.54) is 0 Å². The van der Waals surface area contributed by atoms with Gasteiger partial charge in [0.1, 0.15) is 11.3 Å². The first-order valence-corrected chi connectivity index (χ1v) is 8.40. The van der Waals surface area contributed by atoms with Crippen molar-refractivity contribution < 1.29 is 9.32 Å². The molecule has 0 unspecified atom stereocenters. The van der Waals surface area contributed by atoms with E-state index in [-0.39, 0.29) is 5.91 Å². The Morgan fingerprint density at radius 1 is 1.45 bits per heavy atom. The van der Waals surface area contributed by atoms with Gasteiger partial charge in [0, 0.05) is 17.1 Å². The molecule has 1 amide bonds. The van der Waals surface area contributed by atoms with Gasteiger partial charge >= 0.3 is 0 Å². The zero-order chi connectivity index (χ0) is 15.7. The van der Waals surface area contributed by atoms with Crippen LogP contribution in [0.2, 0.25) is 0 Å². The molecular formula is C17H19BrN2O2. The smallest absolute Gasteiger partial charge is 0.259 e. The zero-order valence-corrected chi connectivity index (χ0v) is 14.4. The molecule has 4 nitrogen and oxygen atoms in total. The molecule has 1 aromatic heterocycles. The number of hydrogen-bond donors (Lipinski definition) is 0. The van der Waals surface area contributed by atoms with Crippen LogP contribution >= 0.6 is 15.9 Å². The topological polar surface area (TPSA) is 46.3 Å². The number of amides is 1. The van der Waals surface area contributed by atoms with Crippen LogP contribution in [0.5, 0.6) is 0 Å². The summed E-state index contributed by atoms with van der Waals surface area (Å²) in [7, 11) is 0. The number of halogens is 1. The van der Waals surface area contributed by atoms with E-state index < -0.39 is 0 Å². The van der Waals surface area contributed by atoms with E-state index in [2.05, 4.69) is 33.2 Å². The molecule has 0 bridgehead atoms. The van der Waals surface area contributed by atoms with Crippen LogP contribution < -0.4 is 0 Å². The van der Waals surface area contributed by atoms with Gasteiger partial charge in [0.05, 0.1) is 5.69 Å². The predicted molar refractivity (Wildman–Crippen MR) is 87.7 cm³/mol. The van der Waals surface area contributed by atoms with Crippen LogP contribution in [-0.4, -0.2) is 22.0 Å². The van der Waals surface area contributed by atoms with E-state index >= 15 is 0 Å². The van der Waals surface area contributed by atoms with Crippen molar-refractivity contribution in [1.29, 1.82) is 0 Å². The standard InChI is InChI=1S/C17H19BrN2O2/c1-3-15-16(11(2)22-19-15)17(21)20(14-7-8-14)10-12-5-4-6-13(18)9-12/h4-6,9,14H,3,7-8,10H2,1-2H3. The Balaban J connectivity index is 1.88. The Labute approximate surface area is 138 Å². The molecule has 0 radical (unpaired) electrons. The molecule has 3 rings (SSSR count). The van der Waals surface area contributed by atoms with Crippen LogP contribution in [-0.2, 0) is 13.0 Å². The fourth-order valence-corrected chi connectivity index (χ4v) is 3.11. The normalized spacial score (nSPS) is 14.1. The lowest BCUT2D eigenvalue weighted by atomic mass is 10.1. The average Bonchev–Trinajstić information content (AvgIpc) is 3.27. The van der Waals surface area contributed by atoms with Gasteiger partial charge < -0.3 is 9.42 Å². The van der Waals surface area contributed by atoms with Gasteiger partial charge in [0.15, 0.2) is 0 Å². The van der Waals surface area contributed by atoms with Crippen molar-refractivity contribution in [3.8, 4) is 0 Å². The molecule has 0 atom stereocenters. The first kappa shape index (κ1) is 15.3. The van der Waals surface area contributed by atoms with E-state index in [1.54, 1.807) is 0 Å². The highest BCUT2D eigenvalue weighted by Gasteiger charge is 2.35. The maximum Gasteiger partial charge on any atom is 0.259 e. The van der Waals surface area contributed by atoms with E-state index in [0.29, 0.717) is 30.3 Å². The van der Waals surface area contributed by atoms with Gasteiger partial charge in [-0.2, -0.15) is 0 Å². The minimum Gasteiger partial charge on any atom is -0.361 e. The lowest BCUT2D eigenvalue weighted by molar-refractivity contribution is 0.0727. The average molecular weight is 363 g/mol. The van der Waals surface area contributed by atoms with Crippen molar-refractivity contribution in [3.63, 3.8) is 0 Å². The summed E-state index contributed by atoms with van der Waals surface area (Å²) in [6, 6.07) is 8.44. The second-order valence-corrected chi connectivity index (χ2v) is 6.62. The minimum absolute atomic E-state index is 0.0399. The molecule has 1 heterocycles. The number of benzene rings is 1. The molecule has 22 heavy (non-hydrogen) atoms. The van der Waals surface area contributed by atoms with Crippen molar-refractivity contribution >= 4 is 21.8 Å². The summed E-state index contributed by atoms with van der Waals surface area (Å²) >= 11 is 3.49. The Morgan fingerprint density at radius 3 is 2.86 bits per heavy atom. The number of carbonyl (C=O) groups is 1. The lowest BCUT2D eigenvalue weighted by Gasteiger charge is -2.22. The Bertz CT molecular complexity index is 692. The molecule has 5 heteroatoms. The highest BCUT2D eigenvalue weighted by Crippen LogP contribution is 2.31. The molecule has 0 N–H and O–H groups in total. The van der Waals surface area contributed by atoms with Crippen LogP contribution in [0.4, 0.5) is 0 Å². The third-order valence-electron chi connectivity index (χ3n) is 3.97. The van der Waals surface area contributed by atoms with Crippen LogP contribution in [0.3, 0.4) is 0 Å². The molecule has 0 spiro atoms. The lowest BCUT2D eigenvalue weighted by Crippen LogP contribution is -2.33. The second kappa shape index (κ2) is 6.24. The van der Waals surface area contributed by atoms with Crippen molar-refractivity contribution in [3.05, 3.63) is 51.3 Å². The number of aromatic nitrogens is 1. The van der Waals surface area contributed by atoms with Gasteiger partial charge in [-0.1, -0.05) is 40.1 Å². The molecule has 1 aromatic carbocycles. The highest BCUT2D eigenvalue weighted by atomic mass is 79.9. The molecule has 1 aliphatic carbocycles. The first-order chi connectivity index (χ1) is 10.6. The minimum atomic E-state index is 0.0399. The van der Waals surface area contributed by atoms with Gasteiger partial charge in [-0.3, -0.25) is 4.79 Å². The van der Waals surface area contributed by atoms with Gasteiger partial charge in [0.25, 0.3) is 5.91 Å². The van der Waals surface area contributed by atoms with E-state index in [0.717, 1.165) is 28.6 Å². The fourth-order valence-electron chi connectivity index (χ4n) is 2.66.